The second kappa shape index (κ2) is 8.59. The number of H-pyrrole nitrogens is 1. The zero-order valence-electron chi connectivity index (χ0n) is 18.1. The van der Waals surface area contributed by atoms with Gasteiger partial charge in [-0.1, -0.05) is 38.1 Å². The van der Waals surface area contributed by atoms with Crippen molar-refractivity contribution < 1.29 is 9.53 Å². The number of hydrogen-bond acceptors (Lipinski definition) is 5. The van der Waals surface area contributed by atoms with Gasteiger partial charge in [-0.15, -0.1) is 0 Å². The fraction of sp³-hybridized carbons (Fsp3) is 0.417. The smallest absolute Gasteiger partial charge is 0.329 e. The van der Waals surface area contributed by atoms with Gasteiger partial charge >= 0.3 is 5.69 Å². The van der Waals surface area contributed by atoms with E-state index in [1.165, 1.54) is 16.3 Å². The lowest BCUT2D eigenvalue weighted by molar-refractivity contribution is 0.0964. The van der Waals surface area contributed by atoms with Crippen molar-refractivity contribution in [3.05, 3.63) is 73.6 Å². The molecule has 0 saturated carbocycles. The Labute approximate surface area is 180 Å². The number of ether oxygens (including phenoxy) is 1. The van der Waals surface area contributed by atoms with Gasteiger partial charge in [0.15, 0.2) is 5.78 Å². The molecule has 3 aromatic rings. The molecule has 162 valence electrons. The van der Waals surface area contributed by atoms with Crippen molar-refractivity contribution >= 4 is 16.8 Å². The predicted molar refractivity (Wildman–Crippen MR) is 119 cm³/mol. The molecule has 31 heavy (non-hydrogen) atoms. The Kier molecular flexibility index (Phi) is 5.87. The average Bonchev–Trinajstić information content (AvgIpc) is 2.75. The molecule has 0 unspecified atom stereocenters. The minimum Gasteiger partial charge on any atom is -0.385 e. The SMILES string of the molecule is COCCCn1c(=O)[nH]c(=O)c2c3c(cnc21)C(=O)C[C@@H](c1ccc(C(C)C)cc1)C3. The van der Waals surface area contributed by atoms with Gasteiger partial charge in [-0.25, -0.2) is 9.78 Å². The third kappa shape index (κ3) is 3.97. The molecule has 7 nitrogen and oxygen atoms in total. The number of ketones is 1. The Morgan fingerprint density at radius 3 is 2.58 bits per heavy atom. The van der Waals surface area contributed by atoms with Crippen LogP contribution in [0.2, 0.25) is 0 Å². The van der Waals surface area contributed by atoms with Crippen molar-refractivity contribution in [3.63, 3.8) is 0 Å². The van der Waals surface area contributed by atoms with Crippen molar-refractivity contribution in [1.82, 2.24) is 14.5 Å². The number of carbonyl (C=O) groups is 1. The number of carbonyl (C=O) groups excluding carboxylic acids is 1. The molecule has 2 aromatic heterocycles. The molecule has 1 atom stereocenters. The summed E-state index contributed by atoms with van der Waals surface area (Å²) in [5.41, 5.74) is 2.83. The molecule has 0 radical (unpaired) electrons. The van der Waals surface area contributed by atoms with Crippen molar-refractivity contribution in [3.8, 4) is 0 Å². The maximum Gasteiger partial charge on any atom is 0.329 e. The number of pyridine rings is 1. The van der Waals surface area contributed by atoms with E-state index in [0.29, 0.717) is 60.5 Å². The van der Waals surface area contributed by atoms with E-state index in [2.05, 4.69) is 48.1 Å². The summed E-state index contributed by atoms with van der Waals surface area (Å²) in [4.78, 5) is 44.9. The topological polar surface area (TPSA) is 94.1 Å². The monoisotopic (exact) mass is 421 g/mol. The molecule has 1 aliphatic rings. The minimum atomic E-state index is -0.496. The summed E-state index contributed by atoms with van der Waals surface area (Å²) in [5, 5.41) is 0.339. The van der Waals surface area contributed by atoms with Crippen LogP contribution in [0.1, 0.15) is 65.6 Å². The summed E-state index contributed by atoms with van der Waals surface area (Å²) in [6.45, 7) is 5.16. The molecule has 0 fully saturated rings. The predicted octanol–water partition coefficient (Wildman–Crippen LogP) is 3.16. The van der Waals surface area contributed by atoms with E-state index in [9.17, 15) is 14.4 Å². The average molecular weight is 421 g/mol. The van der Waals surface area contributed by atoms with Crippen LogP contribution in [0.15, 0.2) is 40.1 Å². The lowest BCUT2D eigenvalue weighted by Gasteiger charge is -2.25. The molecule has 0 saturated heterocycles. The van der Waals surface area contributed by atoms with E-state index in [1.54, 1.807) is 7.11 Å². The highest BCUT2D eigenvalue weighted by Crippen LogP contribution is 2.35. The van der Waals surface area contributed by atoms with Crippen molar-refractivity contribution in [2.45, 2.75) is 51.5 Å². The molecule has 1 aliphatic carbocycles. The zero-order chi connectivity index (χ0) is 22.1. The largest absolute Gasteiger partial charge is 0.385 e. The highest BCUT2D eigenvalue weighted by molar-refractivity contribution is 6.02. The van der Waals surface area contributed by atoms with Crippen LogP contribution < -0.4 is 11.2 Å². The molecule has 1 N–H and O–H groups in total. The van der Waals surface area contributed by atoms with Crippen molar-refractivity contribution in [2.24, 2.45) is 0 Å². The maximum absolute atomic E-state index is 12.9. The standard InChI is InChI=1S/C24H27N3O4/c1-14(2)15-5-7-16(8-6-15)17-11-18-19(20(28)12-17)13-25-22-21(18)23(29)26-24(30)27(22)9-4-10-31-3/h5-8,13-14,17H,4,9-12H2,1-3H3,(H,26,29,30)/t17-/m0/s1. The summed E-state index contributed by atoms with van der Waals surface area (Å²) in [6.07, 6.45) is 3.07. The number of nitrogens with one attached hydrogen (secondary N) is 1. The normalized spacial score (nSPS) is 16.1. The maximum atomic E-state index is 12.9. The van der Waals surface area contributed by atoms with Crippen LogP contribution in [0.5, 0.6) is 0 Å². The van der Waals surface area contributed by atoms with E-state index in [0.717, 1.165) is 5.56 Å². The van der Waals surface area contributed by atoms with Crippen LogP contribution in [-0.4, -0.2) is 34.0 Å². The number of aryl methyl sites for hydroxylation is 1. The number of fused-ring (bicyclic) bond motifs is 3. The second-order valence-electron chi connectivity index (χ2n) is 8.46. The Balaban J connectivity index is 1.80. The minimum absolute atomic E-state index is 0.0138. The molecule has 0 spiro atoms. The van der Waals surface area contributed by atoms with Gasteiger partial charge in [0.25, 0.3) is 5.56 Å². The number of hydrogen-bond donors (Lipinski definition) is 1. The molecule has 1 aromatic carbocycles. The van der Waals surface area contributed by atoms with E-state index in [-0.39, 0.29) is 11.7 Å². The highest BCUT2D eigenvalue weighted by Gasteiger charge is 2.30. The summed E-state index contributed by atoms with van der Waals surface area (Å²) < 4.78 is 6.54. The van der Waals surface area contributed by atoms with Gasteiger partial charge in [0.05, 0.1) is 5.39 Å². The second-order valence-corrected chi connectivity index (χ2v) is 8.46. The Bertz CT molecular complexity index is 1240. The van der Waals surface area contributed by atoms with Crippen molar-refractivity contribution in [1.29, 1.82) is 0 Å². The fourth-order valence-electron chi connectivity index (χ4n) is 4.37. The lowest BCUT2D eigenvalue weighted by Crippen LogP contribution is -2.33. The number of benzene rings is 1. The third-order valence-electron chi connectivity index (χ3n) is 6.10. The van der Waals surface area contributed by atoms with E-state index < -0.39 is 11.2 Å². The van der Waals surface area contributed by atoms with Crippen LogP contribution >= 0.6 is 0 Å². The molecule has 4 rings (SSSR count). The fourth-order valence-corrected chi connectivity index (χ4v) is 4.37. The molecule has 7 heteroatoms. The van der Waals surface area contributed by atoms with Gasteiger partial charge in [-0.3, -0.25) is 19.1 Å². The van der Waals surface area contributed by atoms with Crippen LogP contribution in [0.3, 0.4) is 0 Å². The Hall–Kier alpha value is -3.06. The van der Waals surface area contributed by atoms with Gasteiger partial charge in [-0.2, -0.15) is 0 Å². The zero-order valence-corrected chi connectivity index (χ0v) is 18.1. The van der Waals surface area contributed by atoms with Gasteiger partial charge in [0.1, 0.15) is 5.65 Å². The number of Topliss-reactive ketones (excluding diaryl/α,β-unsaturated/α-hetero) is 1. The first-order chi connectivity index (χ1) is 14.9. The van der Waals surface area contributed by atoms with E-state index in [1.807, 2.05) is 0 Å². The number of nitrogens with zero attached hydrogens (tertiary/aromatic N) is 2. The number of rotatable bonds is 6. The molecule has 0 bridgehead atoms. The van der Waals surface area contributed by atoms with Gasteiger partial charge in [0.2, 0.25) is 0 Å². The third-order valence-corrected chi connectivity index (χ3v) is 6.10. The summed E-state index contributed by atoms with van der Waals surface area (Å²) in [5.74, 6) is 0.399. The lowest BCUT2D eigenvalue weighted by atomic mass is 9.79. The molecule has 0 aliphatic heterocycles. The van der Waals surface area contributed by atoms with Crippen molar-refractivity contribution in [2.75, 3.05) is 13.7 Å². The molecule has 2 heterocycles. The number of methoxy groups -OCH3 is 1. The Morgan fingerprint density at radius 2 is 1.90 bits per heavy atom. The number of aromatic nitrogens is 3. The van der Waals surface area contributed by atoms with Crippen LogP contribution in [0.25, 0.3) is 11.0 Å². The first kappa shape index (κ1) is 21.2. The van der Waals surface area contributed by atoms with E-state index in [4.69, 9.17) is 4.74 Å². The first-order valence-electron chi connectivity index (χ1n) is 10.7. The van der Waals surface area contributed by atoms with Crippen LogP contribution in [0.4, 0.5) is 0 Å². The number of aromatic amines is 1. The molecule has 0 amide bonds. The van der Waals surface area contributed by atoms with Crippen LogP contribution in [0, 0.1) is 0 Å². The molecular weight excluding hydrogens is 394 g/mol. The van der Waals surface area contributed by atoms with Gasteiger partial charge in [0, 0.05) is 38.4 Å². The van der Waals surface area contributed by atoms with Gasteiger partial charge in [-0.05, 0) is 41.4 Å². The van der Waals surface area contributed by atoms with Gasteiger partial charge < -0.3 is 4.74 Å². The summed E-state index contributed by atoms with van der Waals surface area (Å²) >= 11 is 0. The van der Waals surface area contributed by atoms with Crippen LogP contribution in [-0.2, 0) is 17.7 Å². The Morgan fingerprint density at radius 1 is 1.16 bits per heavy atom. The highest BCUT2D eigenvalue weighted by atomic mass is 16.5. The summed E-state index contributed by atoms with van der Waals surface area (Å²) in [7, 11) is 1.60. The quantitative estimate of drug-likeness (QED) is 0.617. The summed E-state index contributed by atoms with van der Waals surface area (Å²) in [6, 6.07) is 8.36. The first-order valence-corrected chi connectivity index (χ1v) is 10.7. The van der Waals surface area contributed by atoms with E-state index >= 15 is 0 Å². The molecular formula is C24H27N3O4.